The zero-order chi connectivity index (χ0) is 27.7. The third kappa shape index (κ3) is 9.00. The van der Waals surface area contributed by atoms with Gasteiger partial charge in [-0.2, -0.15) is 0 Å². The van der Waals surface area contributed by atoms with E-state index in [4.69, 9.17) is 9.47 Å². The molecule has 2 rings (SSSR count). The number of carbonyl (C=O) groups excluding carboxylic acids is 1. The molecule has 0 saturated carbocycles. The van der Waals surface area contributed by atoms with Crippen molar-refractivity contribution in [2.75, 3.05) is 44.1 Å². The van der Waals surface area contributed by atoms with Crippen molar-refractivity contribution in [3.63, 3.8) is 0 Å². The van der Waals surface area contributed by atoms with Gasteiger partial charge in [-0.05, 0) is 41.2 Å². The molecule has 0 bridgehead atoms. The molecule has 9 heteroatoms. The number of ether oxygens (including phenoxy) is 2. The highest BCUT2D eigenvalue weighted by Crippen LogP contribution is 2.35. The predicted octanol–water partition coefficient (Wildman–Crippen LogP) is 5.48. The molecular formula is C28H38F2N2O5. The van der Waals surface area contributed by atoms with E-state index in [-0.39, 0.29) is 48.2 Å². The number of rotatable bonds is 14. The Morgan fingerprint density at radius 1 is 1.00 bits per heavy atom. The van der Waals surface area contributed by atoms with Crippen LogP contribution in [-0.2, 0) is 20.7 Å². The lowest BCUT2D eigenvalue weighted by molar-refractivity contribution is -0.137. The first-order valence-corrected chi connectivity index (χ1v) is 12.4. The molecule has 1 atom stereocenters. The van der Waals surface area contributed by atoms with Crippen LogP contribution in [0.1, 0.15) is 51.2 Å². The largest absolute Gasteiger partial charge is 0.497 e. The van der Waals surface area contributed by atoms with Crippen molar-refractivity contribution in [1.29, 1.82) is 0 Å². The minimum Gasteiger partial charge on any atom is -0.497 e. The van der Waals surface area contributed by atoms with E-state index in [9.17, 15) is 19.1 Å². The molecule has 0 radical (unpaired) electrons. The zero-order valence-electron chi connectivity index (χ0n) is 22.4. The summed E-state index contributed by atoms with van der Waals surface area (Å²) in [6.45, 7) is 9.23. The highest BCUT2D eigenvalue weighted by Gasteiger charge is 2.25. The predicted molar refractivity (Wildman–Crippen MR) is 140 cm³/mol. The number of carboxylic acids is 1. The van der Waals surface area contributed by atoms with E-state index in [2.05, 4.69) is 5.32 Å². The van der Waals surface area contributed by atoms with Gasteiger partial charge >= 0.3 is 5.97 Å². The lowest BCUT2D eigenvalue weighted by atomic mass is 9.94. The summed E-state index contributed by atoms with van der Waals surface area (Å²) in [5.41, 5.74) is 0.995. The van der Waals surface area contributed by atoms with E-state index >= 15 is 4.39 Å². The molecule has 0 spiro atoms. The summed E-state index contributed by atoms with van der Waals surface area (Å²) in [7, 11) is 2.87. The first kappa shape index (κ1) is 30.0. The molecule has 0 fully saturated rings. The fourth-order valence-corrected chi connectivity index (χ4v) is 4.26. The average Bonchev–Trinajstić information content (AvgIpc) is 2.78. The smallest absolute Gasteiger partial charge is 0.304 e. The maximum atomic E-state index is 15.8. The van der Waals surface area contributed by atoms with Gasteiger partial charge in [0.1, 0.15) is 17.4 Å². The standard InChI is InChI=1S/C28H38F2N2O5/c1-17(2)14-32(15-18(3)4)28-24(30)9-20(21(16-36-5)12-27(34)35)10-25(28)31-26(33)11-19-7-8-22(37-6)13-23(19)29/h7-10,13,17-18,21H,11-12,14-16H2,1-6H3,(H,31,33)(H,34,35). The van der Waals surface area contributed by atoms with Crippen LogP contribution in [0.25, 0.3) is 0 Å². The minimum atomic E-state index is -1.05. The fraction of sp³-hybridized carbons (Fsp3) is 0.500. The van der Waals surface area contributed by atoms with Crippen LogP contribution in [0.5, 0.6) is 5.75 Å². The van der Waals surface area contributed by atoms with E-state index in [1.807, 2.05) is 32.6 Å². The summed E-state index contributed by atoms with van der Waals surface area (Å²) in [5, 5.41) is 12.1. The number of nitrogens with one attached hydrogen (secondary N) is 1. The molecule has 204 valence electrons. The van der Waals surface area contributed by atoms with Gasteiger partial charge in [0.2, 0.25) is 5.91 Å². The third-order valence-corrected chi connectivity index (χ3v) is 5.72. The summed E-state index contributed by atoms with van der Waals surface area (Å²) in [6.07, 6.45) is -0.537. The molecule has 2 aromatic carbocycles. The van der Waals surface area contributed by atoms with Crippen molar-refractivity contribution in [1.82, 2.24) is 0 Å². The number of hydrogen-bond donors (Lipinski definition) is 2. The quantitative estimate of drug-likeness (QED) is 0.343. The van der Waals surface area contributed by atoms with Crippen LogP contribution in [0.3, 0.4) is 0 Å². The Hall–Kier alpha value is -3.20. The molecule has 2 aromatic rings. The molecular weight excluding hydrogens is 482 g/mol. The number of nitrogens with zero attached hydrogens (tertiary/aromatic N) is 1. The number of amides is 1. The number of benzene rings is 2. The molecule has 1 amide bonds. The van der Waals surface area contributed by atoms with E-state index in [0.29, 0.717) is 24.4 Å². The first-order chi connectivity index (χ1) is 17.4. The summed E-state index contributed by atoms with van der Waals surface area (Å²) in [4.78, 5) is 26.4. The number of halogens is 2. The van der Waals surface area contributed by atoms with Gasteiger partial charge in [0.05, 0.1) is 37.9 Å². The lowest BCUT2D eigenvalue weighted by Gasteiger charge is -2.31. The van der Waals surface area contributed by atoms with E-state index in [0.717, 1.165) is 0 Å². The molecule has 0 saturated heterocycles. The Kier molecular flexibility index (Phi) is 11.3. The Labute approximate surface area is 217 Å². The summed E-state index contributed by atoms with van der Waals surface area (Å²) in [6, 6.07) is 7.14. The van der Waals surface area contributed by atoms with Crippen LogP contribution >= 0.6 is 0 Å². The van der Waals surface area contributed by atoms with E-state index in [1.54, 1.807) is 12.1 Å². The number of hydrogen-bond acceptors (Lipinski definition) is 5. The van der Waals surface area contributed by atoms with Gasteiger partial charge in [0.15, 0.2) is 0 Å². The Morgan fingerprint density at radius 2 is 1.65 bits per heavy atom. The van der Waals surface area contributed by atoms with Crippen LogP contribution in [0.2, 0.25) is 0 Å². The average molecular weight is 521 g/mol. The number of aliphatic carboxylic acids is 1. The lowest BCUT2D eigenvalue weighted by Crippen LogP contribution is -2.33. The Bertz CT molecular complexity index is 1060. The molecule has 2 N–H and O–H groups in total. The maximum Gasteiger partial charge on any atom is 0.304 e. The normalized spacial score (nSPS) is 12.1. The summed E-state index contributed by atoms with van der Waals surface area (Å²) >= 11 is 0. The van der Waals surface area contributed by atoms with Gasteiger partial charge in [0, 0.05) is 32.2 Å². The fourth-order valence-electron chi connectivity index (χ4n) is 4.26. The van der Waals surface area contributed by atoms with Crippen LogP contribution in [0.15, 0.2) is 30.3 Å². The van der Waals surface area contributed by atoms with Crippen LogP contribution < -0.4 is 15.0 Å². The molecule has 0 aliphatic carbocycles. The maximum absolute atomic E-state index is 15.8. The number of anilines is 2. The number of carbonyl (C=O) groups is 2. The van der Waals surface area contributed by atoms with Crippen LogP contribution in [0.4, 0.5) is 20.2 Å². The molecule has 0 aliphatic heterocycles. The Balaban J connectivity index is 2.54. The van der Waals surface area contributed by atoms with E-state index in [1.165, 1.54) is 32.4 Å². The Morgan fingerprint density at radius 3 is 2.16 bits per heavy atom. The highest BCUT2D eigenvalue weighted by molar-refractivity contribution is 5.96. The molecule has 0 aromatic heterocycles. The molecule has 0 aliphatic rings. The van der Waals surface area contributed by atoms with Gasteiger partial charge in [0.25, 0.3) is 0 Å². The highest BCUT2D eigenvalue weighted by atomic mass is 19.1. The molecule has 7 nitrogen and oxygen atoms in total. The SMILES string of the molecule is COCC(CC(=O)O)c1cc(F)c(N(CC(C)C)CC(C)C)c(NC(=O)Cc2ccc(OC)cc2F)c1. The second kappa shape index (κ2) is 13.9. The summed E-state index contributed by atoms with van der Waals surface area (Å²) < 4.78 is 40.4. The first-order valence-electron chi connectivity index (χ1n) is 12.4. The minimum absolute atomic E-state index is 0.0667. The van der Waals surface area contributed by atoms with Crippen molar-refractivity contribution in [2.24, 2.45) is 11.8 Å². The number of methoxy groups -OCH3 is 2. The van der Waals surface area contributed by atoms with Crippen molar-refractivity contribution in [3.8, 4) is 5.75 Å². The van der Waals surface area contributed by atoms with Crippen LogP contribution in [0, 0.1) is 23.5 Å². The second-order valence-electron chi connectivity index (χ2n) is 10.0. The van der Waals surface area contributed by atoms with Gasteiger partial charge in [-0.15, -0.1) is 0 Å². The topological polar surface area (TPSA) is 88.1 Å². The van der Waals surface area contributed by atoms with Crippen LogP contribution in [-0.4, -0.2) is 50.9 Å². The third-order valence-electron chi connectivity index (χ3n) is 5.72. The summed E-state index contributed by atoms with van der Waals surface area (Å²) in [5.74, 6) is -2.60. The van der Waals surface area contributed by atoms with Crippen molar-refractivity contribution < 1.29 is 33.0 Å². The van der Waals surface area contributed by atoms with Crippen molar-refractivity contribution >= 4 is 23.3 Å². The number of carboxylic acid groups (broad SMARTS) is 1. The van der Waals surface area contributed by atoms with Gasteiger partial charge < -0.3 is 24.8 Å². The monoisotopic (exact) mass is 520 g/mol. The van der Waals surface area contributed by atoms with Gasteiger partial charge in [-0.3, -0.25) is 9.59 Å². The zero-order valence-corrected chi connectivity index (χ0v) is 22.4. The van der Waals surface area contributed by atoms with Gasteiger partial charge in [-0.1, -0.05) is 33.8 Å². The molecule has 1 unspecified atom stereocenters. The van der Waals surface area contributed by atoms with Crippen molar-refractivity contribution in [2.45, 2.75) is 46.5 Å². The molecule has 37 heavy (non-hydrogen) atoms. The van der Waals surface area contributed by atoms with Gasteiger partial charge in [-0.25, -0.2) is 8.78 Å². The second-order valence-corrected chi connectivity index (χ2v) is 10.0. The van der Waals surface area contributed by atoms with E-state index < -0.39 is 29.4 Å². The van der Waals surface area contributed by atoms with Crippen molar-refractivity contribution in [3.05, 3.63) is 53.1 Å². The molecule has 0 heterocycles.